The minimum atomic E-state index is -1.05. The summed E-state index contributed by atoms with van der Waals surface area (Å²) in [4.78, 5) is 39.3. The Labute approximate surface area is 179 Å². The van der Waals surface area contributed by atoms with Gasteiger partial charge < -0.3 is 25.4 Å². The van der Waals surface area contributed by atoms with Crippen LogP contribution in [0.15, 0.2) is 24.3 Å². The fourth-order valence-electron chi connectivity index (χ4n) is 3.05. The van der Waals surface area contributed by atoms with Gasteiger partial charge in [0, 0.05) is 18.7 Å². The third-order valence-corrected chi connectivity index (χ3v) is 4.43. The van der Waals surface area contributed by atoms with Crippen LogP contribution in [0.2, 0.25) is 0 Å². The Morgan fingerprint density at radius 3 is 2.27 bits per heavy atom. The molecule has 3 atom stereocenters. The van der Waals surface area contributed by atoms with E-state index < -0.39 is 35.6 Å². The smallest absolute Gasteiger partial charge is 0.408 e. The Balaban J connectivity index is 3.08. The van der Waals surface area contributed by atoms with Gasteiger partial charge in [-0.05, 0) is 47.1 Å². The third kappa shape index (κ3) is 7.57. The number of nitrogens with one attached hydrogen (secondary N) is 2. The van der Waals surface area contributed by atoms with E-state index in [1.54, 1.807) is 39.0 Å². The molecule has 8 nitrogen and oxygen atoms in total. The number of alkyl carbamates (subject to hydrolysis) is 1. The SMILES string of the molecule is CCCC(C)NC(=O)C(c1ccccc1O)N(C)C(=O)C(C)NC(=O)OC(C)(C)C. The van der Waals surface area contributed by atoms with Crippen LogP contribution in [0.3, 0.4) is 0 Å². The van der Waals surface area contributed by atoms with Crippen LogP contribution in [0, 0.1) is 0 Å². The van der Waals surface area contributed by atoms with Gasteiger partial charge in [-0.15, -0.1) is 0 Å². The van der Waals surface area contributed by atoms with Crippen molar-refractivity contribution >= 4 is 17.9 Å². The van der Waals surface area contributed by atoms with E-state index in [0.29, 0.717) is 5.56 Å². The molecule has 30 heavy (non-hydrogen) atoms. The summed E-state index contributed by atoms with van der Waals surface area (Å²) in [6.07, 6.45) is 0.957. The Morgan fingerprint density at radius 1 is 1.13 bits per heavy atom. The second-order valence-electron chi connectivity index (χ2n) is 8.48. The minimum absolute atomic E-state index is 0.0864. The molecule has 0 aliphatic rings. The van der Waals surface area contributed by atoms with Gasteiger partial charge in [-0.3, -0.25) is 9.59 Å². The zero-order valence-corrected chi connectivity index (χ0v) is 19.0. The zero-order chi connectivity index (χ0) is 23.1. The van der Waals surface area contributed by atoms with Crippen molar-refractivity contribution in [3.63, 3.8) is 0 Å². The minimum Gasteiger partial charge on any atom is -0.508 e. The number of phenols is 1. The summed E-state index contributed by atoms with van der Waals surface area (Å²) in [6, 6.07) is 4.32. The summed E-state index contributed by atoms with van der Waals surface area (Å²) in [5, 5.41) is 15.7. The van der Waals surface area contributed by atoms with Crippen LogP contribution >= 0.6 is 0 Å². The molecule has 168 valence electrons. The van der Waals surface area contributed by atoms with E-state index in [4.69, 9.17) is 4.74 Å². The number of rotatable bonds is 8. The number of carbonyl (C=O) groups excluding carboxylic acids is 3. The summed E-state index contributed by atoms with van der Waals surface area (Å²) < 4.78 is 5.19. The van der Waals surface area contributed by atoms with Crippen molar-refractivity contribution in [1.29, 1.82) is 0 Å². The predicted octanol–water partition coefficient (Wildman–Crippen LogP) is 3.11. The molecule has 1 aromatic carbocycles. The van der Waals surface area contributed by atoms with E-state index in [0.717, 1.165) is 12.8 Å². The standard InChI is InChI=1S/C22H35N3O5/c1-8-11-14(2)23-19(27)18(16-12-9-10-13-17(16)26)25(7)20(28)15(3)24-21(29)30-22(4,5)6/h9-10,12-15,18,26H,8,11H2,1-7H3,(H,23,27)(H,24,29). The number of benzene rings is 1. The number of aromatic hydroxyl groups is 1. The lowest BCUT2D eigenvalue weighted by atomic mass is 10.0. The second kappa shape index (κ2) is 10.8. The largest absolute Gasteiger partial charge is 0.508 e. The molecular weight excluding hydrogens is 386 g/mol. The van der Waals surface area contributed by atoms with E-state index in [-0.39, 0.29) is 11.8 Å². The molecule has 1 rings (SSSR count). The van der Waals surface area contributed by atoms with Crippen molar-refractivity contribution in [2.24, 2.45) is 0 Å². The van der Waals surface area contributed by atoms with Crippen molar-refractivity contribution in [2.75, 3.05) is 7.05 Å². The van der Waals surface area contributed by atoms with E-state index in [2.05, 4.69) is 10.6 Å². The normalized spacial score (nSPS) is 14.2. The van der Waals surface area contributed by atoms with Crippen molar-refractivity contribution in [1.82, 2.24) is 15.5 Å². The lowest BCUT2D eigenvalue weighted by Crippen LogP contribution is -2.51. The molecule has 0 saturated heterocycles. The topological polar surface area (TPSA) is 108 Å². The maximum atomic E-state index is 13.0. The fraction of sp³-hybridized carbons (Fsp3) is 0.591. The first-order valence-electron chi connectivity index (χ1n) is 10.2. The van der Waals surface area contributed by atoms with Crippen LogP contribution in [0.5, 0.6) is 5.75 Å². The number of ether oxygens (including phenoxy) is 1. The van der Waals surface area contributed by atoms with Gasteiger partial charge in [-0.2, -0.15) is 0 Å². The van der Waals surface area contributed by atoms with Gasteiger partial charge in [0.15, 0.2) is 0 Å². The summed E-state index contributed by atoms with van der Waals surface area (Å²) in [7, 11) is 1.47. The average Bonchev–Trinajstić information content (AvgIpc) is 2.61. The highest BCUT2D eigenvalue weighted by Crippen LogP contribution is 2.28. The van der Waals surface area contributed by atoms with E-state index in [1.165, 1.54) is 24.9 Å². The summed E-state index contributed by atoms with van der Waals surface area (Å²) in [5.74, 6) is -0.988. The number of amides is 3. The number of para-hydroxylation sites is 1. The molecule has 0 bridgehead atoms. The van der Waals surface area contributed by atoms with Gasteiger partial charge in [-0.25, -0.2) is 4.79 Å². The predicted molar refractivity (Wildman–Crippen MR) is 115 cm³/mol. The van der Waals surface area contributed by atoms with Crippen LogP contribution in [0.4, 0.5) is 4.79 Å². The highest BCUT2D eigenvalue weighted by Gasteiger charge is 2.34. The highest BCUT2D eigenvalue weighted by molar-refractivity contribution is 5.92. The highest BCUT2D eigenvalue weighted by atomic mass is 16.6. The molecule has 1 aromatic rings. The first-order valence-corrected chi connectivity index (χ1v) is 10.2. The van der Waals surface area contributed by atoms with Gasteiger partial charge in [0.1, 0.15) is 23.4 Å². The van der Waals surface area contributed by atoms with Gasteiger partial charge in [0.2, 0.25) is 11.8 Å². The third-order valence-electron chi connectivity index (χ3n) is 4.43. The number of likely N-dealkylation sites (N-methyl/N-ethyl adjacent to an activating group) is 1. The van der Waals surface area contributed by atoms with Crippen LogP contribution in [0.25, 0.3) is 0 Å². The Bertz CT molecular complexity index is 745. The molecular formula is C22H35N3O5. The average molecular weight is 422 g/mol. The Hall–Kier alpha value is -2.77. The molecule has 0 fully saturated rings. The van der Waals surface area contributed by atoms with E-state index >= 15 is 0 Å². The lowest BCUT2D eigenvalue weighted by molar-refractivity contribution is -0.140. The molecule has 0 aromatic heterocycles. The molecule has 0 spiro atoms. The van der Waals surface area contributed by atoms with Crippen molar-refractivity contribution in [2.45, 2.75) is 78.1 Å². The fourth-order valence-corrected chi connectivity index (χ4v) is 3.05. The Kier molecular flexibility index (Phi) is 9.14. The second-order valence-corrected chi connectivity index (χ2v) is 8.48. The van der Waals surface area contributed by atoms with Gasteiger partial charge >= 0.3 is 6.09 Å². The first kappa shape index (κ1) is 25.3. The Morgan fingerprint density at radius 2 is 1.73 bits per heavy atom. The number of hydrogen-bond donors (Lipinski definition) is 3. The first-order chi connectivity index (χ1) is 13.9. The molecule has 0 aliphatic heterocycles. The molecule has 0 saturated carbocycles. The van der Waals surface area contributed by atoms with E-state index in [1.807, 2.05) is 13.8 Å². The number of carbonyl (C=O) groups is 3. The number of nitrogens with zero attached hydrogens (tertiary/aromatic N) is 1. The molecule has 0 heterocycles. The maximum absolute atomic E-state index is 13.0. The molecule has 0 radical (unpaired) electrons. The number of phenolic OH excluding ortho intramolecular Hbond substituents is 1. The summed E-state index contributed by atoms with van der Waals surface area (Å²) in [5.41, 5.74) is -0.397. The van der Waals surface area contributed by atoms with Crippen molar-refractivity contribution in [3.8, 4) is 5.75 Å². The van der Waals surface area contributed by atoms with Gasteiger partial charge in [0.05, 0.1) is 0 Å². The lowest BCUT2D eigenvalue weighted by Gasteiger charge is -2.31. The molecule has 3 amide bonds. The van der Waals surface area contributed by atoms with Crippen LogP contribution < -0.4 is 10.6 Å². The number of hydrogen-bond acceptors (Lipinski definition) is 5. The molecule has 8 heteroatoms. The maximum Gasteiger partial charge on any atom is 0.408 e. The monoisotopic (exact) mass is 421 g/mol. The summed E-state index contributed by atoms with van der Waals surface area (Å²) >= 11 is 0. The molecule has 3 unspecified atom stereocenters. The quantitative estimate of drug-likeness (QED) is 0.598. The van der Waals surface area contributed by atoms with Crippen molar-refractivity contribution < 1.29 is 24.2 Å². The van der Waals surface area contributed by atoms with Crippen LogP contribution in [-0.2, 0) is 14.3 Å². The molecule has 0 aliphatic carbocycles. The van der Waals surface area contributed by atoms with Gasteiger partial charge in [0.25, 0.3) is 0 Å². The summed E-state index contributed by atoms with van der Waals surface area (Å²) in [6.45, 7) is 10.6. The molecule has 3 N–H and O–H groups in total. The zero-order valence-electron chi connectivity index (χ0n) is 19.0. The van der Waals surface area contributed by atoms with Crippen molar-refractivity contribution in [3.05, 3.63) is 29.8 Å². The van der Waals surface area contributed by atoms with Gasteiger partial charge in [-0.1, -0.05) is 31.5 Å². The van der Waals surface area contributed by atoms with E-state index in [9.17, 15) is 19.5 Å². The van der Waals surface area contributed by atoms with Crippen LogP contribution in [-0.4, -0.2) is 52.6 Å². The van der Waals surface area contributed by atoms with Crippen LogP contribution in [0.1, 0.15) is 66.0 Å².